The van der Waals surface area contributed by atoms with Crippen LogP contribution in [-0.2, 0) is 0 Å². The van der Waals surface area contributed by atoms with E-state index in [1.54, 1.807) is 12.1 Å². The van der Waals surface area contributed by atoms with Crippen molar-refractivity contribution in [3.8, 4) is 11.5 Å². The Morgan fingerprint density at radius 1 is 1.44 bits per heavy atom. The van der Waals surface area contributed by atoms with Crippen molar-refractivity contribution in [1.82, 2.24) is 5.32 Å². The molecule has 0 aliphatic carbocycles. The lowest BCUT2D eigenvalue weighted by molar-refractivity contribution is 0.0942. The molecule has 0 radical (unpaired) electrons. The molecule has 1 unspecified atom stereocenters. The summed E-state index contributed by atoms with van der Waals surface area (Å²) >= 11 is 3.44. The van der Waals surface area contributed by atoms with Crippen LogP contribution in [0, 0.1) is 0 Å². The second kappa shape index (κ2) is 6.09. The molecule has 1 N–H and O–H groups in total. The highest BCUT2D eigenvalue weighted by Crippen LogP contribution is 2.33. The molecule has 0 bridgehead atoms. The zero-order valence-electron chi connectivity index (χ0n) is 10.2. The predicted molar refractivity (Wildman–Crippen MR) is 72.8 cm³/mol. The molecule has 1 aromatic carbocycles. The number of hydrogen-bond donors (Lipinski definition) is 1. The minimum Gasteiger partial charge on any atom is -0.486 e. The topological polar surface area (TPSA) is 47.6 Å². The summed E-state index contributed by atoms with van der Waals surface area (Å²) in [5.41, 5.74) is 0.537. The van der Waals surface area contributed by atoms with Crippen LogP contribution in [0.1, 0.15) is 23.7 Å². The van der Waals surface area contributed by atoms with E-state index in [-0.39, 0.29) is 5.91 Å². The Kier molecular flexibility index (Phi) is 4.47. The van der Waals surface area contributed by atoms with Crippen LogP contribution < -0.4 is 14.8 Å². The van der Waals surface area contributed by atoms with Crippen LogP contribution in [-0.4, -0.2) is 30.5 Å². The standard InChI is InChI=1S/C13H16BrNO3/c1-9(14)5-6-15-13(16)10-3-2-4-11-12(10)18-8-7-17-11/h2-4,9H,5-8H2,1H3,(H,15,16). The number of fused-ring (bicyclic) bond motifs is 1. The van der Waals surface area contributed by atoms with Crippen LogP contribution in [0.5, 0.6) is 11.5 Å². The summed E-state index contributed by atoms with van der Waals surface area (Å²) in [6.07, 6.45) is 0.887. The van der Waals surface area contributed by atoms with E-state index in [2.05, 4.69) is 21.2 Å². The van der Waals surface area contributed by atoms with E-state index in [1.807, 2.05) is 13.0 Å². The Hall–Kier alpha value is -1.23. The average molecular weight is 314 g/mol. The van der Waals surface area contributed by atoms with Crippen LogP contribution in [0.2, 0.25) is 0 Å². The van der Waals surface area contributed by atoms with Crippen molar-refractivity contribution in [2.45, 2.75) is 18.2 Å². The zero-order valence-corrected chi connectivity index (χ0v) is 11.8. The van der Waals surface area contributed by atoms with Gasteiger partial charge in [0.1, 0.15) is 13.2 Å². The Balaban J connectivity index is 2.06. The minimum atomic E-state index is -0.120. The number of benzene rings is 1. The van der Waals surface area contributed by atoms with E-state index in [0.29, 0.717) is 41.6 Å². The monoisotopic (exact) mass is 313 g/mol. The first-order valence-corrected chi connectivity index (χ1v) is 6.91. The third-order valence-corrected chi connectivity index (χ3v) is 3.10. The van der Waals surface area contributed by atoms with E-state index in [0.717, 1.165) is 6.42 Å². The summed E-state index contributed by atoms with van der Waals surface area (Å²) in [6, 6.07) is 5.36. The first kappa shape index (κ1) is 13.2. The van der Waals surface area contributed by atoms with Crippen LogP contribution in [0.4, 0.5) is 0 Å². The summed E-state index contributed by atoms with van der Waals surface area (Å²) in [5.74, 6) is 1.07. The molecule has 2 rings (SSSR count). The molecule has 0 saturated heterocycles. The van der Waals surface area contributed by atoms with Gasteiger partial charge in [-0.25, -0.2) is 0 Å². The fraction of sp³-hybridized carbons (Fsp3) is 0.462. The van der Waals surface area contributed by atoms with Crippen molar-refractivity contribution < 1.29 is 14.3 Å². The van der Waals surface area contributed by atoms with E-state index < -0.39 is 0 Å². The number of carbonyl (C=O) groups is 1. The number of halogens is 1. The van der Waals surface area contributed by atoms with Crippen molar-refractivity contribution in [3.63, 3.8) is 0 Å². The first-order chi connectivity index (χ1) is 8.68. The minimum absolute atomic E-state index is 0.120. The number of carbonyl (C=O) groups excluding carboxylic acids is 1. The highest BCUT2D eigenvalue weighted by molar-refractivity contribution is 9.09. The van der Waals surface area contributed by atoms with Crippen molar-refractivity contribution in [3.05, 3.63) is 23.8 Å². The smallest absolute Gasteiger partial charge is 0.255 e. The van der Waals surface area contributed by atoms with E-state index >= 15 is 0 Å². The molecular formula is C13H16BrNO3. The molecule has 5 heteroatoms. The summed E-state index contributed by atoms with van der Waals surface area (Å²) < 4.78 is 11.0. The third kappa shape index (κ3) is 3.16. The van der Waals surface area contributed by atoms with Gasteiger partial charge in [-0.1, -0.05) is 28.9 Å². The number of alkyl halides is 1. The summed E-state index contributed by atoms with van der Waals surface area (Å²) in [4.78, 5) is 12.4. The molecule has 1 aromatic rings. The maximum Gasteiger partial charge on any atom is 0.255 e. The molecule has 0 saturated carbocycles. The highest BCUT2D eigenvalue weighted by atomic mass is 79.9. The van der Waals surface area contributed by atoms with Gasteiger partial charge in [0.25, 0.3) is 5.91 Å². The molecule has 1 atom stereocenters. The quantitative estimate of drug-likeness (QED) is 0.868. The summed E-state index contributed by atoms with van der Waals surface area (Å²) in [5, 5.41) is 2.88. The van der Waals surface area contributed by atoms with E-state index in [9.17, 15) is 4.79 Å². The lowest BCUT2D eigenvalue weighted by Gasteiger charge is -2.20. The largest absolute Gasteiger partial charge is 0.486 e. The Bertz CT molecular complexity index is 434. The number of nitrogens with one attached hydrogen (secondary N) is 1. The number of rotatable bonds is 4. The Labute approximate surface area is 115 Å². The number of ether oxygens (including phenoxy) is 2. The Morgan fingerprint density at radius 3 is 3.00 bits per heavy atom. The van der Waals surface area contributed by atoms with Crippen LogP contribution in [0.3, 0.4) is 0 Å². The van der Waals surface area contributed by atoms with Crippen molar-refractivity contribution in [2.75, 3.05) is 19.8 Å². The number of para-hydroxylation sites is 1. The molecule has 18 heavy (non-hydrogen) atoms. The van der Waals surface area contributed by atoms with Gasteiger partial charge in [0.05, 0.1) is 5.56 Å². The summed E-state index contributed by atoms with van der Waals surface area (Å²) in [6.45, 7) is 3.69. The van der Waals surface area contributed by atoms with Gasteiger partial charge < -0.3 is 14.8 Å². The van der Waals surface area contributed by atoms with Crippen molar-refractivity contribution in [1.29, 1.82) is 0 Å². The van der Waals surface area contributed by atoms with Gasteiger partial charge in [0, 0.05) is 11.4 Å². The molecule has 1 heterocycles. The van der Waals surface area contributed by atoms with Gasteiger partial charge in [-0.3, -0.25) is 4.79 Å². The molecule has 4 nitrogen and oxygen atoms in total. The fourth-order valence-corrected chi connectivity index (χ4v) is 1.96. The molecule has 0 spiro atoms. The molecule has 1 aliphatic rings. The first-order valence-electron chi connectivity index (χ1n) is 5.99. The molecule has 98 valence electrons. The molecule has 0 aromatic heterocycles. The summed E-state index contributed by atoms with van der Waals surface area (Å²) in [7, 11) is 0. The van der Waals surface area contributed by atoms with Gasteiger partial charge in [-0.05, 0) is 18.6 Å². The molecule has 0 fully saturated rings. The van der Waals surface area contributed by atoms with Gasteiger partial charge >= 0.3 is 0 Å². The lowest BCUT2D eigenvalue weighted by atomic mass is 10.1. The highest BCUT2D eigenvalue weighted by Gasteiger charge is 2.19. The Morgan fingerprint density at radius 2 is 2.22 bits per heavy atom. The fourth-order valence-electron chi connectivity index (χ4n) is 1.73. The third-order valence-electron chi connectivity index (χ3n) is 2.64. The maximum atomic E-state index is 12.0. The average Bonchev–Trinajstić information content (AvgIpc) is 2.37. The second-order valence-corrected chi connectivity index (χ2v) is 5.72. The van der Waals surface area contributed by atoms with Crippen molar-refractivity contribution in [2.24, 2.45) is 0 Å². The van der Waals surface area contributed by atoms with Gasteiger partial charge in [0.15, 0.2) is 11.5 Å². The second-order valence-electron chi connectivity index (χ2n) is 4.16. The molecule has 1 aliphatic heterocycles. The predicted octanol–water partition coefficient (Wildman–Crippen LogP) is 2.36. The van der Waals surface area contributed by atoms with Crippen LogP contribution >= 0.6 is 15.9 Å². The van der Waals surface area contributed by atoms with E-state index in [1.165, 1.54) is 0 Å². The SMILES string of the molecule is CC(Br)CCNC(=O)c1cccc2c1OCCO2. The molecule has 1 amide bonds. The number of hydrogen-bond acceptors (Lipinski definition) is 3. The normalized spacial score (nSPS) is 15.0. The lowest BCUT2D eigenvalue weighted by Crippen LogP contribution is -2.27. The van der Waals surface area contributed by atoms with E-state index in [4.69, 9.17) is 9.47 Å². The van der Waals surface area contributed by atoms with Gasteiger partial charge in [0.2, 0.25) is 0 Å². The zero-order chi connectivity index (χ0) is 13.0. The van der Waals surface area contributed by atoms with Crippen LogP contribution in [0.25, 0.3) is 0 Å². The van der Waals surface area contributed by atoms with Crippen molar-refractivity contribution >= 4 is 21.8 Å². The number of amides is 1. The maximum absolute atomic E-state index is 12.0. The van der Waals surface area contributed by atoms with Gasteiger partial charge in [-0.2, -0.15) is 0 Å². The van der Waals surface area contributed by atoms with Gasteiger partial charge in [-0.15, -0.1) is 0 Å². The molecular weight excluding hydrogens is 298 g/mol. The van der Waals surface area contributed by atoms with Crippen LogP contribution in [0.15, 0.2) is 18.2 Å².